The Morgan fingerprint density at radius 1 is 1.25 bits per heavy atom. The van der Waals surface area contributed by atoms with E-state index in [-0.39, 0.29) is 12.5 Å². The van der Waals surface area contributed by atoms with Crippen molar-refractivity contribution in [1.82, 2.24) is 5.32 Å². The van der Waals surface area contributed by atoms with Crippen molar-refractivity contribution < 1.29 is 15.0 Å². The van der Waals surface area contributed by atoms with Gasteiger partial charge in [-0.2, -0.15) is 0 Å². The van der Waals surface area contributed by atoms with Crippen molar-refractivity contribution in [3.05, 3.63) is 35.4 Å². The average Bonchev–Trinajstić information content (AvgIpc) is 2.39. The molecule has 4 heteroatoms. The Labute approximate surface area is 120 Å². The predicted molar refractivity (Wildman–Crippen MR) is 79.7 cm³/mol. The molecule has 0 amide bonds. The van der Waals surface area contributed by atoms with Crippen LogP contribution in [-0.2, 0) is 11.2 Å². The lowest BCUT2D eigenvalue weighted by Gasteiger charge is -2.22. The minimum absolute atomic E-state index is 0.0496. The van der Waals surface area contributed by atoms with Gasteiger partial charge >= 0.3 is 5.97 Å². The normalized spacial score (nSPS) is 14.2. The van der Waals surface area contributed by atoms with Crippen LogP contribution in [0, 0.1) is 5.92 Å². The molecule has 0 radical (unpaired) electrons. The predicted octanol–water partition coefficient (Wildman–Crippen LogP) is 2.37. The van der Waals surface area contributed by atoms with Crippen molar-refractivity contribution in [2.45, 2.75) is 45.3 Å². The Hall–Kier alpha value is -1.39. The molecule has 0 saturated carbocycles. The van der Waals surface area contributed by atoms with Crippen LogP contribution in [0.5, 0.6) is 0 Å². The first-order valence-electron chi connectivity index (χ1n) is 7.10. The zero-order chi connectivity index (χ0) is 15.1. The summed E-state index contributed by atoms with van der Waals surface area (Å²) in [7, 11) is 1.74. The fraction of sp³-hybridized carbons (Fsp3) is 0.562. The van der Waals surface area contributed by atoms with Crippen molar-refractivity contribution in [2.24, 2.45) is 5.92 Å². The summed E-state index contributed by atoms with van der Waals surface area (Å²) < 4.78 is 0. The molecule has 1 aromatic carbocycles. The molecule has 0 aliphatic heterocycles. The Kier molecular flexibility index (Phi) is 6.68. The maximum atomic E-state index is 10.6. The number of benzene rings is 1. The number of carbonyl (C=O) groups is 1. The quantitative estimate of drug-likeness (QED) is 0.683. The largest absolute Gasteiger partial charge is 0.481 e. The molecular formula is C16H25NO3. The Morgan fingerprint density at radius 3 is 2.30 bits per heavy atom. The highest BCUT2D eigenvalue weighted by atomic mass is 16.4. The van der Waals surface area contributed by atoms with Crippen LogP contribution in [0.1, 0.15) is 43.9 Å². The molecule has 20 heavy (non-hydrogen) atoms. The number of carboxylic acids is 1. The average molecular weight is 279 g/mol. The van der Waals surface area contributed by atoms with E-state index in [2.05, 4.69) is 19.2 Å². The van der Waals surface area contributed by atoms with Crippen molar-refractivity contribution in [2.75, 3.05) is 7.05 Å². The molecule has 2 atom stereocenters. The third kappa shape index (κ3) is 5.31. The topological polar surface area (TPSA) is 69.6 Å². The summed E-state index contributed by atoms with van der Waals surface area (Å²) in [6.07, 6.45) is 0.784. The van der Waals surface area contributed by atoms with Gasteiger partial charge < -0.3 is 15.5 Å². The van der Waals surface area contributed by atoms with E-state index in [0.29, 0.717) is 12.3 Å². The Morgan fingerprint density at radius 2 is 1.85 bits per heavy atom. The van der Waals surface area contributed by atoms with Crippen LogP contribution in [0.2, 0.25) is 0 Å². The van der Waals surface area contributed by atoms with Crippen LogP contribution in [-0.4, -0.2) is 29.3 Å². The first kappa shape index (κ1) is 16.7. The smallest absolute Gasteiger partial charge is 0.303 e. The van der Waals surface area contributed by atoms with Gasteiger partial charge in [-0.1, -0.05) is 38.1 Å². The standard InChI is InChI=1S/C16H25NO3/c1-11(2)10-12-4-6-13(7-5-12)16(20)14(17-3)8-9-15(18)19/h4-7,11,14,16-17,20H,8-10H2,1-3H3,(H,18,19). The van der Waals surface area contributed by atoms with Crippen LogP contribution >= 0.6 is 0 Å². The number of rotatable bonds is 8. The molecule has 2 unspecified atom stereocenters. The van der Waals surface area contributed by atoms with Crippen molar-refractivity contribution in [3.63, 3.8) is 0 Å². The van der Waals surface area contributed by atoms with E-state index in [9.17, 15) is 9.90 Å². The van der Waals surface area contributed by atoms with Crippen molar-refractivity contribution in [3.8, 4) is 0 Å². The molecule has 0 aliphatic carbocycles. The van der Waals surface area contributed by atoms with Gasteiger partial charge in [0.25, 0.3) is 0 Å². The molecule has 0 spiro atoms. The molecule has 0 saturated heterocycles. The highest BCUT2D eigenvalue weighted by Gasteiger charge is 2.20. The summed E-state index contributed by atoms with van der Waals surface area (Å²) in [4.78, 5) is 10.6. The van der Waals surface area contributed by atoms with Crippen LogP contribution in [0.25, 0.3) is 0 Å². The SMILES string of the molecule is CNC(CCC(=O)O)C(O)c1ccc(CC(C)C)cc1. The number of aliphatic hydroxyl groups excluding tert-OH is 1. The van der Waals surface area contributed by atoms with Gasteiger partial charge in [0.1, 0.15) is 0 Å². The first-order chi connectivity index (χ1) is 9.43. The fourth-order valence-electron chi connectivity index (χ4n) is 2.29. The summed E-state index contributed by atoms with van der Waals surface area (Å²) in [6, 6.07) is 7.66. The summed E-state index contributed by atoms with van der Waals surface area (Å²) in [5, 5.41) is 22.0. The molecule has 0 fully saturated rings. The third-order valence-corrected chi connectivity index (χ3v) is 3.39. The number of hydrogen-bond donors (Lipinski definition) is 3. The molecule has 0 bridgehead atoms. The molecule has 4 nitrogen and oxygen atoms in total. The van der Waals surface area contributed by atoms with Gasteiger partial charge in [-0.25, -0.2) is 0 Å². The van der Waals surface area contributed by atoms with Gasteiger partial charge in [0.15, 0.2) is 0 Å². The fourth-order valence-corrected chi connectivity index (χ4v) is 2.29. The number of likely N-dealkylation sites (N-methyl/N-ethyl adjacent to an activating group) is 1. The van der Waals surface area contributed by atoms with E-state index >= 15 is 0 Å². The summed E-state index contributed by atoms with van der Waals surface area (Å²) in [5.74, 6) is -0.240. The Bertz CT molecular complexity index is 414. The van der Waals surface area contributed by atoms with Crippen molar-refractivity contribution in [1.29, 1.82) is 0 Å². The van der Waals surface area contributed by atoms with Gasteiger partial charge in [0.05, 0.1) is 6.10 Å². The highest BCUT2D eigenvalue weighted by Crippen LogP contribution is 2.21. The second-order valence-corrected chi connectivity index (χ2v) is 5.61. The van der Waals surface area contributed by atoms with Crippen LogP contribution in [0.15, 0.2) is 24.3 Å². The maximum Gasteiger partial charge on any atom is 0.303 e. The van der Waals surface area contributed by atoms with Gasteiger partial charge in [-0.15, -0.1) is 0 Å². The lowest BCUT2D eigenvalue weighted by atomic mass is 9.96. The van der Waals surface area contributed by atoms with Crippen LogP contribution in [0.3, 0.4) is 0 Å². The molecule has 1 rings (SSSR count). The number of aliphatic carboxylic acids is 1. The highest BCUT2D eigenvalue weighted by molar-refractivity contribution is 5.66. The molecule has 1 aromatic rings. The van der Waals surface area contributed by atoms with E-state index < -0.39 is 12.1 Å². The molecule has 0 aromatic heterocycles. The second kappa shape index (κ2) is 8.02. The lowest BCUT2D eigenvalue weighted by molar-refractivity contribution is -0.137. The third-order valence-electron chi connectivity index (χ3n) is 3.39. The van der Waals surface area contributed by atoms with E-state index in [1.54, 1.807) is 7.05 Å². The first-order valence-corrected chi connectivity index (χ1v) is 7.10. The Balaban J connectivity index is 2.69. The van der Waals surface area contributed by atoms with Gasteiger partial charge in [-0.3, -0.25) is 4.79 Å². The van der Waals surface area contributed by atoms with Gasteiger partial charge in [-0.05, 0) is 36.9 Å². The van der Waals surface area contributed by atoms with E-state index in [1.807, 2.05) is 24.3 Å². The monoisotopic (exact) mass is 279 g/mol. The molecule has 0 heterocycles. The van der Waals surface area contributed by atoms with Crippen LogP contribution < -0.4 is 5.32 Å². The van der Waals surface area contributed by atoms with Gasteiger partial charge in [0, 0.05) is 12.5 Å². The summed E-state index contributed by atoms with van der Waals surface area (Å²) in [5.41, 5.74) is 2.07. The number of hydrogen-bond acceptors (Lipinski definition) is 3. The molecule has 3 N–H and O–H groups in total. The number of carboxylic acid groups (broad SMARTS) is 1. The zero-order valence-electron chi connectivity index (χ0n) is 12.5. The minimum atomic E-state index is -0.843. The maximum absolute atomic E-state index is 10.6. The number of aliphatic hydroxyl groups is 1. The van der Waals surface area contributed by atoms with Gasteiger partial charge in [0.2, 0.25) is 0 Å². The minimum Gasteiger partial charge on any atom is -0.481 e. The van der Waals surface area contributed by atoms with E-state index in [0.717, 1.165) is 12.0 Å². The van der Waals surface area contributed by atoms with E-state index in [4.69, 9.17) is 5.11 Å². The molecule has 0 aliphatic rings. The van der Waals surface area contributed by atoms with E-state index in [1.165, 1.54) is 5.56 Å². The molecular weight excluding hydrogens is 254 g/mol. The summed E-state index contributed by atoms with van der Waals surface area (Å²) in [6.45, 7) is 4.34. The van der Waals surface area contributed by atoms with Crippen LogP contribution in [0.4, 0.5) is 0 Å². The summed E-state index contributed by atoms with van der Waals surface area (Å²) >= 11 is 0. The molecule has 112 valence electrons. The second-order valence-electron chi connectivity index (χ2n) is 5.61. The lowest BCUT2D eigenvalue weighted by Crippen LogP contribution is -2.32. The number of nitrogens with one attached hydrogen (secondary N) is 1. The van der Waals surface area contributed by atoms with Crippen molar-refractivity contribution >= 4 is 5.97 Å². The zero-order valence-corrected chi connectivity index (χ0v) is 12.5.